The van der Waals surface area contributed by atoms with E-state index in [1.165, 1.54) is 0 Å². The summed E-state index contributed by atoms with van der Waals surface area (Å²) in [5.74, 6) is 0.744. The second-order valence-electron chi connectivity index (χ2n) is 6.79. The molecule has 2 aliphatic heterocycles. The third-order valence-electron chi connectivity index (χ3n) is 4.99. The van der Waals surface area contributed by atoms with Gasteiger partial charge in [-0.05, 0) is 30.4 Å². The molecule has 2 aromatic rings. The Morgan fingerprint density at radius 1 is 1.07 bits per heavy atom. The smallest absolute Gasteiger partial charge is 0.225 e. The number of amides is 1. The predicted octanol–water partition coefficient (Wildman–Crippen LogP) is 1.03. The molecule has 9 nitrogen and oxygen atoms in total. The average molecular weight is 411 g/mol. The molecular weight excluding hydrogens is 388 g/mol. The van der Waals surface area contributed by atoms with Crippen molar-refractivity contribution in [3.05, 3.63) is 42.5 Å². The molecule has 29 heavy (non-hydrogen) atoms. The number of aromatic nitrogens is 3. The quantitative estimate of drug-likeness (QED) is 0.580. The Labute approximate surface area is 174 Å². The van der Waals surface area contributed by atoms with Gasteiger partial charge >= 0.3 is 0 Å². The van der Waals surface area contributed by atoms with Crippen LogP contribution in [0.15, 0.2) is 41.9 Å². The van der Waals surface area contributed by atoms with Crippen LogP contribution in [-0.2, 0) is 4.79 Å². The summed E-state index contributed by atoms with van der Waals surface area (Å²) in [5.41, 5.74) is 5.32. The van der Waals surface area contributed by atoms with Gasteiger partial charge in [0.15, 0.2) is 5.11 Å². The van der Waals surface area contributed by atoms with E-state index < -0.39 is 0 Å². The minimum Gasteiger partial charge on any atom is -0.344 e. The van der Waals surface area contributed by atoms with E-state index >= 15 is 0 Å². The molecule has 2 aromatic heterocycles. The van der Waals surface area contributed by atoms with E-state index in [0.29, 0.717) is 18.1 Å². The van der Waals surface area contributed by atoms with Crippen molar-refractivity contribution < 1.29 is 4.79 Å². The maximum Gasteiger partial charge on any atom is 0.225 e. The molecule has 150 valence electrons. The van der Waals surface area contributed by atoms with Crippen LogP contribution in [0.3, 0.4) is 0 Å². The number of anilines is 2. The normalized spacial score (nSPS) is 17.8. The molecular formula is C19H22N8OS. The molecule has 0 bridgehead atoms. The third kappa shape index (κ3) is 4.16. The molecule has 10 heteroatoms. The van der Waals surface area contributed by atoms with Crippen molar-refractivity contribution in [3.8, 4) is 0 Å². The first-order valence-electron chi connectivity index (χ1n) is 9.50. The summed E-state index contributed by atoms with van der Waals surface area (Å²) < 4.78 is 0. The summed E-state index contributed by atoms with van der Waals surface area (Å²) >= 11 is 5.53. The number of nitrogens with one attached hydrogen (secondary N) is 1. The van der Waals surface area contributed by atoms with Crippen molar-refractivity contribution in [1.82, 2.24) is 25.3 Å². The molecule has 0 aliphatic carbocycles. The largest absolute Gasteiger partial charge is 0.344 e. The van der Waals surface area contributed by atoms with Crippen LogP contribution in [0, 0.1) is 0 Å². The molecule has 1 N–H and O–H groups in total. The number of hydrogen-bond donors (Lipinski definition) is 1. The van der Waals surface area contributed by atoms with Gasteiger partial charge in [0.1, 0.15) is 5.69 Å². The molecule has 0 spiro atoms. The Hall–Kier alpha value is -3.14. The van der Waals surface area contributed by atoms with Crippen LogP contribution >= 0.6 is 12.2 Å². The Balaban J connectivity index is 1.39. The summed E-state index contributed by atoms with van der Waals surface area (Å²) in [4.78, 5) is 30.9. The number of carbonyl (C=O) groups excluding carboxylic acids is 1. The number of pyridine rings is 1. The molecule has 0 atom stereocenters. The molecule has 4 heterocycles. The summed E-state index contributed by atoms with van der Waals surface area (Å²) in [5, 5.41) is 5.10. The minimum atomic E-state index is 0.00190. The predicted molar refractivity (Wildman–Crippen MR) is 115 cm³/mol. The van der Waals surface area contributed by atoms with E-state index in [2.05, 4.69) is 35.3 Å². The number of rotatable bonds is 2. The molecule has 1 fully saturated rings. The summed E-state index contributed by atoms with van der Waals surface area (Å²) in [6.07, 6.45) is 5.83. The van der Waals surface area contributed by atoms with Gasteiger partial charge in [0, 0.05) is 64.7 Å². The van der Waals surface area contributed by atoms with Crippen LogP contribution in [0.25, 0.3) is 0 Å². The zero-order valence-corrected chi connectivity index (χ0v) is 17.0. The minimum absolute atomic E-state index is 0.00190. The second kappa shape index (κ2) is 8.48. The molecule has 0 aromatic carbocycles. The molecule has 2 aliphatic rings. The average Bonchev–Trinajstić information content (AvgIpc) is 2.77. The van der Waals surface area contributed by atoms with Crippen molar-refractivity contribution >= 4 is 40.6 Å². The molecule has 4 rings (SSSR count). The lowest BCUT2D eigenvalue weighted by Crippen LogP contribution is -2.51. The van der Waals surface area contributed by atoms with Gasteiger partial charge in [0.2, 0.25) is 11.9 Å². The number of hydrazone groups is 1. The van der Waals surface area contributed by atoms with Crippen LogP contribution in [0.5, 0.6) is 0 Å². The van der Waals surface area contributed by atoms with Crippen LogP contribution in [0.1, 0.15) is 19.0 Å². The first-order valence-corrected chi connectivity index (χ1v) is 9.91. The van der Waals surface area contributed by atoms with Crippen molar-refractivity contribution in [3.63, 3.8) is 0 Å². The monoisotopic (exact) mass is 410 g/mol. The Kier molecular flexibility index (Phi) is 5.61. The molecule has 1 amide bonds. The number of fused-ring (bicyclic) bond motifs is 1. The number of piperazine rings is 1. The van der Waals surface area contributed by atoms with E-state index in [4.69, 9.17) is 12.2 Å². The van der Waals surface area contributed by atoms with E-state index in [-0.39, 0.29) is 5.91 Å². The van der Waals surface area contributed by atoms with Crippen LogP contribution < -0.4 is 15.2 Å². The standard InChI is InChI=1S/C19H22N8OS/c1-14(28)27-9-5-15(17-16(27)4-2-6-20-17)23-24-19(29)26-12-10-25(11-13-26)18-21-7-3-8-22-18/h2-4,6-8H,5,9-13H2,1H3,(H,24,29)/b23-15-. The van der Waals surface area contributed by atoms with Crippen molar-refractivity contribution in [2.24, 2.45) is 5.10 Å². The fourth-order valence-corrected chi connectivity index (χ4v) is 3.71. The van der Waals surface area contributed by atoms with E-state index in [1.54, 1.807) is 30.4 Å². The van der Waals surface area contributed by atoms with Gasteiger partial charge in [0.25, 0.3) is 0 Å². The lowest BCUT2D eigenvalue weighted by Gasteiger charge is -2.35. The SMILES string of the molecule is CC(=O)N1CC/C(=N/NC(=S)N2CCN(c3ncccn3)CC2)c2ncccc21. The second-order valence-corrected chi connectivity index (χ2v) is 7.18. The van der Waals surface area contributed by atoms with Crippen LogP contribution in [0.4, 0.5) is 11.6 Å². The van der Waals surface area contributed by atoms with Gasteiger partial charge in [-0.15, -0.1) is 0 Å². The number of carbonyl (C=O) groups is 1. The number of thiocarbonyl (C=S) groups is 1. The number of hydrogen-bond acceptors (Lipinski definition) is 7. The Morgan fingerprint density at radius 3 is 2.52 bits per heavy atom. The fourth-order valence-electron chi connectivity index (χ4n) is 3.48. The van der Waals surface area contributed by atoms with Crippen LogP contribution in [-0.4, -0.2) is 69.3 Å². The van der Waals surface area contributed by atoms with Gasteiger partial charge < -0.3 is 14.7 Å². The summed E-state index contributed by atoms with van der Waals surface area (Å²) in [6, 6.07) is 5.53. The lowest BCUT2D eigenvalue weighted by atomic mass is 10.1. The van der Waals surface area contributed by atoms with E-state index in [1.807, 2.05) is 18.2 Å². The van der Waals surface area contributed by atoms with Gasteiger partial charge in [-0.1, -0.05) is 0 Å². The Morgan fingerprint density at radius 2 is 1.79 bits per heavy atom. The maximum atomic E-state index is 11.9. The van der Waals surface area contributed by atoms with Crippen LogP contribution in [0.2, 0.25) is 0 Å². The highest BCUT2D eigenvalue weighted by atomic mass is 32.1. The summed E-state index contributed by atoms with van der Waals surface area (Å²) in [6.45, 7) is 5.26. The lowest BCUT2D eigenvalue weighted by molar-refractivity contribution is -0.116. The van der Waals surface area contributed by atoms with Crippen molar-refractivity contribution in [1.29, 1.82) is 0 Å². The topological polar surface area (TPSA) is 89.9 Å². The molecule has 0 unspecified atom stereocenters. The van der Waals surface area contributed by atoms with Gasteiger partial charge in [-0.2, -0.15) is 5.10 Å². The fraction of sp³-hybridized carbons (Fsp3) is 0.368. The maximum absolute atomic E-state index is 11.9. The third-order valence-corrected chi connectivity index (χ3v) is 5.34. The molecule has 0 radical (unpaired) electrons. The number of nitrogens with zero attached hydrogens (tertiary/aromatic N) is 7. The molecule has 1 saturated heterocycles. The van der Waals surface area contributed by atoms with Gasteiger partial charge in [-0.3, -0.25) is 15.2 Å². The van der Waals surface area contributed by atoms with Gasteiger partial charge in [0.05, 0.1) is 11.4 Å². The zero-order valence-electron chi connectivity index (χ0n) is 16.2. The zero-order chi connectivity index (χ0) is 20.2. The summed E-state index contributed by atoms with van der Waals surface area (Å²) in [7, 11) is 0. The van der Waals surface area contributed by atoms with Crippen molar-refractivity contribution in [2.45, 2.75) is 13.3 Å². The first-order chi connectivity index (χ1) is 14.1. The van der Waals surface area contributed by atoms with E-state index in [9.17, 15) is 4.79 Å². The van der Waals surface area contributed by atoms with Gasteiger partial charge in [-0.25, -0.2) is 9.97 Å². The highest BCUT2D eigenvalue weighted by Crippen LogP contribution is 2.25. The van der Waals surface area contributed by atoms with Crippen molar-refractivity contribution in [2.75, 3.05) is 42.5 Å². The highest BCUT2D eigenvalue weighted by Gasteiger charge is 2.26. The highest BCUT2D eigenvalue weighted by molar-refractivity contribution is 7.80. The molecule has 0 saturated carbocycles. The Bertz CT molecular complexity index is 927. The first kappa shape index (κ1) is 19.2. The van der Waals surface area contributed by atoms with E-state index in [0.717, 1.165) is 49.2 Å².